The molecule has 0 bridgehead atoms. The molecule has 146 valence electrons. The number of benzene rings is 2. The summed E-state index contributed by atoms with van der Waals surface area (Å²) < 4.78 is 11.8. The molecule has 1 aliphatic rings. The predicted octanol–water partition coefficient (Wildman–Crippen LogP) is 5.51. The first kappa shape index (κ1) is 20.4. The molecule has 0 saturated carbocycles. The fourth-order valence-corrected chi connectivity index (χ4v) is 4.39. The molecule has 0 atom stereocenters. The molecule has 0 aliphatic carbocycles. The third-order valence-electron chi connectivity index (χ3n) is 4.34. The monoisotopic (exact) mass is 413 g/mol. The minimum atomic E-state index is -0.108. The standard InChI is InChI=1S/C22H23NO3S2/c1-5-25-17-11-10-16(18(13-17)26-6-2)12-19-21(24)23(22(27)28-19)20-14(3)8-7-9-15(20)4/h7-13H,5-6H2,1-4H3/b19-12-. The van der Waals surface area contributed by atoms with E-state index in [4.69, 9.17) is 21.7 Å². The lowest BCUT2D eigenvalue weighted by Crippen LogP contribution is -2.29. The third-order valence-corrected chi connectivity index (χ3v) is 5.64. The number of hydrogen-bond acceptors (Lipinski definition) is 5. The van der Waals surface area contributed by atoms with Crippen LogP contribution in [0, 0.1) is 13.8 Å². The Balaban J connectivity index is 1.98. The predicted molar refractivity (Wildman–Crippen MR) is 120 cm³/mol. The Labute approximate surface area is 175 Å². The van der Waals surface area contributed by atoms with Gasteiger partial charge >= 0.3 is 0 Å². The normalized spacial score (nSPS) is 15.4. The minimum Gasteiger partial charge on any atom is -0.494 e. The van der Waals surface area contributed by atoms with E-state index in [9.17, 15) is 4.79 Å². The molecule has 6 heteroatoms. The zero-order valence-electron chi connectivity index (χ0n) is 16.4. The number of amides is 1. The summed E-state index contributed by atoms with van der Waals surface area (Å²) in [6.45, 7) is 8.96. The highest BCUT2D eigenvalue weighted by Crippen LogP contribution is 2.39. The first-order chi connectivity index (χ1) is 13.5. The Hall–Kier alpha value is -2.31. The van der Waals surface area contributed by atoms with Gasteiger partial charge in [0.15, 0.2) is 4.32 Å². The largest absolute Gasteiger partial charge is 0.494 e. The van der Waals surface area contributed by atoms with E-state index in [0.717, 1.165) is 28.1 Å². The lowest BCUT2D eigenvalue weighted by molar-refractivity contribution is -0.113. The summed E-state index contributed by atoms with van der Waals surface area (Å²) in [6.07, 6.45) is 1.84. The number of carbonyl (C=O) groups is 1. The average molecular weight is 414 g/mol. The van der Waals surface area contributed by atoms with Crippen molar-refractivity contribution in [3.8, 4) is 11.5 Å². The van der Waals surface area contributed by atoms with Crippen LogP contribution in [-0.4, -0.2) is 23.4 Å². The number of para-hydroxylation sites is 1. The van der Waals surface area contributed by atoms with E-state index in [1.807, 2.05) is 70.2 Å². The molecule has 0 radical (unpaired) electrons. The molecule has 3 rings (SSSR count). The highest BCUT2D eigenvalue weighted by molar-refractivity contribution is 8.27. The minimum absolute atomic E-state index is 0.108. The van der Waals surface area contributed by atoms with Gasteiger partial charge in [0.05, 0.1) is 23.8 Å². The molecular formula is C22H23NO3S2. The van der Waals surface area contributed by atoms with Crippen LogP contribution < -0.4 is 14.4 Å². The van der Waals surface area contributed by atoms with E-state index in [1.54, 1.807) is 4.90 Å². The Morgan fingerprint density at radius 2 is 1.75 bits per heavy atom. The van der Waals surface area contributed by atoms with Crippen molar-refractivity contribution in [2.24, 2.45) is 0 Å². The summed E-state index contributed by atoms with van der Waals surface area (Å²) >= 11 is 6.84. The third kappa shape index (κ3) is 4.08. The molecule has 2 aromatic carbocycles. The zero-order valence-corrected chi connectivity index (χ0v) is 18.1. The number of carbonyl (C=O) groups excluding carboxylic acids is 1. The van der Waals surface area contributed by atoms with Gasteiger partial charge in [0.2, 0.25) is 0 Å². The molecule has 1 amide bonds. The van der Waals surface area contributed by atoms with E-state index in [0.29, 0.717) is 28.2 Å². The summed E-state index contributed by atoms with van der Waals surface area (Å²) in [6, 6.07) is 11.6. The van der Waals surface area contributed by atoms with E-state index in [2.05, 4.69) is 0 Å². The summed E-state index contributed by atoms with van der Waals surface area (Å²) in [7, 11) is 0. The smallest absolute Gasteiger partial charge is 0.270 e. The molecule has 1 saturated heterocycles. The van der Waals surface area contributed by atoms with E-state index in [-0.39, 0.29) is 5.91 Å². The van der Waals surface area contributed by atoms with Crippen molar-refractivity contribution < 1.29 is 14.3 Å². The number of rotatable bonds is 6. The maximum absolute atomic E-state index is 13.1. The molecule has 1 aliphatic heterocycles. The van der Waals surface area contributed by atoms with Gasteiger partial charge in [0.25, 0.3) is 5.91 Å². The van der Waals surface area contributed by atoms with Crippen molar-refractivity contribution in [1.82, 2.24) is 0 Å². The van der Waals surface area contributed by atoms with Crippen LogP contribution in [0.3, 0.4) is 0 Å². The Morgan fingerprint density at radius 3 is 2.39 bits per heavy atom. The van der Waals surface area contributed by atoms with Crippen LogP contribution in [0.15, 0.2) is 41.3 Å². The van der Waals surface area contributed by atoms with Crippen molar-refractivity contribution in [2.45, 2.75) is 27.7 Å². The van der Waals surface area contributed by atoms with Gasteiger partial charge in [-0.15, -0.1) is 0 Å². The van der Waals surface area contributed by atoms with Crippen molar-refractivity contribution in [3.05, 3.63) is 58.0 Å². The molecule has 0 spiro atoms. The number of nitrogens with zero attached hydrogens (tertiary/aromatic N) is 1. The van der Waals surface area contributed by atoms with Gasteiger partial charge in [-0.25, -0.2) is 0 Å². The lowest BCUT2D eigenvalue weighted by atomic mass is 10.1. The summed E-state index contributed by atoms with van der Waals surface area (Å²) in [5, 5.41) is 0. The Kier molecular flexibility index (Phi) is 6.42. The van der Waals surface area contributed by atoms with Gasteiger partial charge in [-0.1, -0.05) is 42.2 Å². The molecule has 0 aromatic heterocycles. The van der Waals surface area contributed by atoms with Gasteiger partial charge in [0, 0.05) is 11.6 Å². The number of aryl methyl sites for hydroxylation is 2. The van der Waals surface area contributed by atoms with Crippen molar-refractivity contribution >= 4 is 46.0 Å². The van der Waals surface area contributed by atoms with E-state index >= 15 is 0 Å². The number of ether oxygens (including phenoxy) is 2. The first-order valence-corrected chi connectivity index (χ1v) is 10.4. The van der Waals surface area contributed by atoms with Gasteiger partial charge in [-0.2, -0.15) is 0 Å². The maximum atomic E-state index is 13.1. The number of thioether (sulfide) groups is 1. The SMILES string of the molecule is CCOc1ccc(/C=C2\SC(=S)N(c3c(C)cccc3C)C2=O)c(OCC)c1. The molecule has 0 unspecified atom stereocenters. The van der Waals surface area contributed by atoms with Gasteiger partial charge in [0.1, 0.15) is 11.5 Å². The number of anilines is 1. The molecule has 2 aromatic rings. The second-order valence-electron chi connectivity index (χ2n) is 6.32. The summed E-state index contributed by atoms with van der Waals surface area (Å²) in [5.74, 6) is 1.32. The fourth-order valence-electron chi connectivity index (χ4n) is 3.13. The fraction of sp³-hybridized carbons (Fsp3) is 0.273. The highest BCUT2D eigenvalue weighted by Gasteiger charge is 2.35. The average Bonchev–Trinajstić information content (AvgIpc) is 2.92. The second-order valence-corrected chi connectivity index (χ2v) is 8.00. The van der Waals surface area contributed by atoms with Crippen LogP contribution in [0.4, 0.5) is 5.69 Å². The summed E-state index contributed by atoms with van der Waals surface area (Å²) in [4.78, 5) is 15.4. The summed E-state index contributed by atoms with van der Waals surface area (Å²) in [5.41, 5.74) is 3.74. The molecular weight excluding hydrogens is 390 g/mol. The topological polar surface area (TPSA) is 38.8 Å². The van der Waals surface area contributed by atoms with E-state index in [1.165, 1.54) is 11.8 Å². The van der Waals surface area contributed by atoms with Crippen molar-refractivity contribution in [2.75, 3.05) is 18.1 Å². The second kappa shape index (κ2) is 8.80. The van der Waals surface area contributed by atoms with Gasteiger partial charge < -0.3 is 9.47 Å². The molecule has 1 heterocycles. The van der Waals surface area contributed by atoms with Gasteiger partial charge in [-0.05, 0) is 57.0 Å². The highest BCUT2D eigenvalue weighted by atomic mass is 32.2. The van der Waals surface area contributed by atoms with Crippen LogP contribution >= 0.6 is 24.0 Å². The zero-order chi connectivity index (χ0) is 20.3. The van der Waals surface area contributed by atoms with E-state index < -0.39 is 0 Å². The Morgan fingerprint density at radius 1 is 1.07 bits per heavy atom. The molecule has 28 heavy (non-hydrogen) atoms. The maximum Gasteiger partial charge on any atom is 0.270 e. The van der Waals surface area contributed by atoms with Crippen molar-refractivity contribution in [3.63, 3.8) is 0 Å². The molecule has 1 fully saturated rings. The van der Waals surface area contributed by atoms with Gasteiger partial charge in [-0.3, -0.25) is 9.69 Å². The number of thiocarbonyl (C=S) groups is 1. The van der Waals surface area contributed by atoms with Crippen LogP contribution in [0.25, 0.3) is 6.08 Å². The molecule has 4 nitrogen and oxygen atoms in total. The Bertz CT molecular complexity index is 933. The van der Waals surface area contributed by atoms with Crippen LogP contribution in [0.5, 0.6) is 11.5 Å². The lowest BCUT2D eigenvalue weighted by Gasteiger charge is -2.19. The van der Waals surface area contributed by atoms with Crippen LogP contribution in [0.2, 0.25) is 0 Å². The molecule has 0 N–H and O–H groups in total. The van der Waals surface area contributed by atoms with Crippen LogP contribution in [-0.2, 0) is 4.79 Å². The van der Waals surface area contributed by atoms with Crippen molar-refractivity contribution in [1.29, 1.82) is 0 Å². The quantitative estimate of drug-likeness (QED) is 0.461. The number of hydrogen-bond donors (Lipinski definition) is 0. The van der Waals surface area contributed by atoms with Crippen LogP contribution in [0.1, 0.15) is 30.5 Å². The first-order valence-electron chi connectivity index (χ1n) is 9.20.